The van der Waals surface area contributed by atoms with Crippen LogP contribution in [0.4, 0.5) is 0 Å². The number of aryl methyl sites for hydroxylation is 2. The molecule has 0 radical (unpaired) electrons. The summed E-state index contributed by atoms with van der Waals surface area (Å²) in [6.07, 6.45) is 6.77. The second kappa shape index (κ2) is 13.0. The minimum atomic E-state index is 0. The molecule has 0 atom stereocenters. The van der Waals surface area contributed by atoms with E-state index in [9.17, 15) is 4.79 Å². The smallest absolute Gasteiger partial charge is 0.221 e. The van der Waals surface area contributed by atoms with Crippen LogP contribution < -0.4 is 16.0 Å². The van der Waals surface area contributed by atoms with Crippen molar-refractivity contribution in [2.45, 2.75) is 78.3 Å². The van der Waals surface area contributed by atoms with Crippen LogP contribution in [0.2, 0.25) is 0 Å². The van der Waals surface area contributed by atoms with Gasteiger partial charge in [0.05, 0.1) is 12.2 Å². The zero-order valence-corrected chi connectivity index (χ0v) is 19.1. The summed E-state index contributed by atoms with van der Waals surface area (Å²) in [6, 6.07) is 0.373. The fraction of sp³-hybridized carbons (Fsp3) is 0.737. The van der Waals surface area contributed by atoms with E-state index >= 15 is 0 Å². The average Bonchev–Trinajstić information content (AvgIpc) is 3.28. The monoisotopic (exact) mass is 491 g/mol. The molecule has 1 saturated carbocycles. The Kier molecular flexibility index (Phi) is 11.4. The molecule has 1 fully saturated rings. The highest BCUT2D eigenvalue weighted by atomic mass is 127. The predicted molar refractivity (Wildman–Crippen MR) is 119 cm³/mol. The Morgan fingerprint density at radius 3 is 2.56 bits per heavy atom. The van der Waals surface area contributed by atoms with Crippen molar-refractivity contribution in [3.8, 4) is 0 Å². The van der Waals surface area contributed by atoms with Crippen LogP contribution >= 0.6 is 24.0 Å². The number of nitrogens with one attached hydrogen (secondary N) is 3. The van der Waals surface area contributed by atoms with Crippen molar-refractivity contribution in [3.05, 3.63) is 17.0 Å². The molecule has 1 aliphatic carbocycles. The molecule has 0 saturated heterocycles. The van der Waals surface area contributed by atoms with E-state index in [0.29, 0.717) is 31.5 Å². The Labute approximate surface area is 179 Å². The summed E-state index contributed by atoms with van der Waals surface area (Å²) in [7, 11) is 0. The third-order valence-electron chi connectivity index (χ3n) is 4.71. The number of carbonyl (C=O) groups is 1. The highest BCUT2D eigenvalue weighted by Crippen LogP contribution is 2.18. The number of nitrogens with zero attached hydrogens (tertiary/aromatic N) is 2. The third kappa shape index (κ3) is 7.67. The number of amides is 1. The maximum Gasteiger partial charge on any atom is 0.221 e. The number of aliphatic imine (C=N–C) groups is 1. The zero-order chi connectivity index (χ0) is 18.8. The Bertz CT molecular complexity index is 575. The van der Waals surface area contributed by atoms with Crippen molar-refractivity contribution in [3.63, 3.8) is 0 Å². The van der Waals surface area contributed by atoms with E-state index in [4.69, 9.17) is 4.52 Å². The molecule has 3 N–H and O–H groups in total. The van der Waals surface area contributed by atoms with Crippen molar-refractivity contribution in [1.29, 1.82) is 0 Å². The van der Waals surface area contributed by atoms with Gasteiger partial charge in [0, 0.05) is 37.5 Å². The van der Waals surface area contributed by atoms with Gasteiger partial charge in [0.15, 0.2) is 5.96 Å². The van der Waals surface area contributed by atoms with Gasteiger partial charge in [-0.2, -0.15) is 0 Å². The topological polar surface area (TPSA) is 91.6 Å². The van der Waals surface area contributed by atoms with E-state index in [-0.39, 0.29) is 29.9 Å². The minimum absolute atomic E-state index is 0. The molecule has 0 aromatic carbocycles. The van der Waals surface area contributed by atoms with Crippen LogP contribution in [-0.2, 0) is 24.2 Å². The molecule has 8 heteroatoms. The standard InChI is InChI=1S/C19H33N5O2.HI/c1-4-16-15(17(5-2)26-24-16)13-22-19(20-6-3)21-12-11-18(25)23-14-9-7-8-10-14;/h14H,4-13H2,1-3H3,(H,23,25)(H2,20,21,22);1H. The Balaban J connectivity index is 0.00000364. The van der Waals surface area contributed by atoms with Gasteiger partial charge < -0.3 is 20.5 Å². The molecule has 154 valence electrons. The van der Waals surface area contributed by atoms with Crippen molar-refractivity contribution in [2.75, 3.05) is 13.1 Å². The summed E-state index contributed by atoms with van der Waals surface area (Å²) in [5.74, 6) is 1.73. The molecule has 1 aromatic heterocycles. The maximum absolute atomic E-state index is 12.0. The first-order valence-corrected chi connectivity index (χ1v) is 9.95. The van der Waals surface area contributed by atoms with Crippen LogP contribution in [0.5, 0.6) is 0 Å². The summed E-state index contributed by atoms with van der Waals surface area (Å²) >= 11 is 0. The number of rotatable bonds is 9. The number of aromatic nitrogens is 1. The quantitative estimate of drug-likeness (QED) is 0.281. The van der Waals surface area contributed by atoms with Crippen LogP contribution in [0.3, 0.4) is 0 Å². The van der Waals surface area contributed by atoms with Crippen molar-refractivity contribution >= 4 is 35.8 Å². The molecule has 0 aliphatic heterocycles. The van der Waals surface area contributed by atoms with Crippen LogP contribution in [-0.4, -0.2) is 36.2 Å². The molecule has 2 rings (SSSR count). The molecule has 0 spiro atoms. The number of guanidine groups is 1. The molecule has 0 unspecified atom stereocenters. The van der Waals surface area contributed by atoms with E-state index in [0.717, 1.165) is 49.2 Å². The highest BCUT2D eigenvalue weighted by molar-refractivity contribution is 14.0. The molecule has 27 heavy (non-hydrogen) atoms. The number of halogens is 1. The van der Waals surface area contributed by atoms with Gasteiger partial charge in [-0.3, -0.25) is 4.79 Å². The van der Waals surface area contributed by atoms with E-state index in [1.165, 1.54) is 12.8 Å². The Hall–Kier alpha value is -1.32. The average molecular weight is 491 g/mol. The second-order valence-corrected chi connectivity index (χ2v) is 6.66. The summed E-state index contributed by atoms with van der Waals surface area (Å²) < 4.78 is 5.39. The van der Waals surface area contributed by atoms with Crippen molar-refractivity contribution in [2.24, 2.45) is 4.99 Å². The van der Waals surface area contributed by atoms with Crippen molar-refractivity contribution < 1.29 is 9.32 Å². The summed E-state index contributed by atoms with van der Waals surface area (Å²) in [6.45, 7) is 8.01. The number of hydrogen-bond acceptors (Lipinski definition) is 4. The van der Waals surface area contributed by atoms with E-state index in [1.807, 2.05) is 6.92 Å². The van der Waals surface area contributed by atoms with Gasteiger partial charge in [0.25, 0.3) is 0 Å². The Morgan fingerprint density at radius 1 is 1.19 bits per heavy atom. The SMILES string of the molecule is CCNC(=NCc1c(CC)noc1CC)NCCC(=O)NC1CCCC1.I. The fourth-order valence-corrected chi connectivity index (χ4v) is 3.28. The lowest BCUT2D eigenvalue weighted by Crippen LogP contribution is -2.40. The third-order valence-corrected chi connectivity index (χ3v) is 4.71. The first-order valence-electron chi connectivity index (χ1n) is 9.95. The summed E-state index contributed by atoms with van der Waals surface area (Å²) in [5, 5.41) is 13.7. The molecule has 1 aliphatic rings. The Morgan fingerprint density at radius 2 is 1.93 bits per heavy atom. The normalized spacial score (nSPS) is 14.7. The van der Waals surface area contributed by atoms with Gasteiger partial charge in [0.2, 0.25) is 5.91 Å². The first kappa shape index (κ1) is 23.7. The van der Waals surface area contributed by atoms with Crippen molar-refractivity contribution in [1.82, 2.24) is 21.1 Å². The van der Waals surface area contributed by atoms with E-state index in [1.54, 1.807) is 0 Å². The molecule has 0 bridgehead atoms. The maximum atomic E-state index is 12.0. The van der Waals surface area contributed by atoms with Crippen LogP contribution in [0, 0.1) is 0 Å². The molecular weight excluding hydrogens is 457 g/mol. The molecule has 1 heterocycles. The second-order valence-electron chi connectivity index (χ2n) is 6.66. The number of hydrogen-bond donors (Lipinski definition) is 3. The minimum Gasteiger partial charge on any atom is -0.361 e. The van der Waals surface area contributed by atoms with Crippen LogP contribution in [0.25, 0.3) is 0 Å². The largest absolute Gasteiger partial charge is 0.361 e. The predicted octanol–water partition coefficient (Wildman–Crippen LogP) is 2.92. The zero-order valence-electron chi connectivity index (χ0n) is 16.8. The lowest BCUT2D eigenvalue weighted by molar-refractivity contribution is -0.121. The van der Waals surface area contributed by atoms with Gasteiger partial charge in [-0.15, -0.1) is 24.0 Å². The van der Waals surface area contributed by atoms with Gasteiger partial charge in [-0.25, -0.2) is 4.99 Å². The molecular formula is C19H34IN5O2. The van der Waals surface area contributed by atoms with Crippen LogP contribution in [0.1, 0.15) is 69.9 Å². The van der Waals surface area contributed by atoms with Gasteiger partial charge >= 0.3 is 0 Å². The first-order chi connectivity index (χ1) is 12.7. The number of carbonyl (C=O) groups excluding carboxylic acids is 1. The molecule has 1 aromatic rings. The summed E-state index contributed by atoms with van der Waals surface area (Å²) in [4.78, 5) is 16.7. The van der Waals surface area contributed by atoms with Gasteiger partial charge in [-0.05, 0) is 26.2 Å². The highest BCUT2D eigenvalue weighted by Gasteiger charge is 2.17. The van der Waals surface area contributed by atoms with Crippen LogP contribution in [0.15, 0.2) is 9.52 Å². The molecule has 1 amide bonds. The van der Waals surface area contributed by atoms with E-state index < -0.39 is 0 Å². The lowest BCUT2D eigenvalue weighted by Gasteiger charge is -2.14. The van der Waals surface area contributed by atoms with Gasteiger partial charge in [0.1, 0.15) is 5.76 Å². The molecule has 7 nitrogen and oxygen atoms in total. The summed E-state index contributed by atoms with van der Waals surface area (Å²) in [5.41, 5.74) is 2.04. The van der Waals surface area contributed by atoms with Gasteiger partial charge in [-0.1, -0.05) is 31.8 Å². The van der Waals surface area contributed by atoms with E-state index in [2.05, 4.69) is 39.9 Å². The fourth-order valence-electron chi connectivity index (χ4n) is 3.28. The lowest BCUT2D eigenvalue weighted by atomic mass is 10.1.